The van der Waals surface area contributed by atoms with Crippen LogP contribution in [-0.4, -0.2) is 18.0 Å². The molecule has 8 rings (SSSR count). The van der Waals surface area contributed by atoms with Gasteiger partial charge in [-0.25, -0.2) is 4.39 Å². The van der Waals surface area contributed by atoms with E-state index in [-0.39, 0.29) is 25.9 Å². The largest absolute Gasteiger partial charge is 0.305 e. The fourth-order valence-corrected chi connectivity index (χ4v) is 10.4. The van der Waals surface area contributed by atoms with Crippen molar-refractivity contribution in [3.8, 4) is 33.6 Å². The van der Waals surface area contributed by atoms with E-state index in [1.807, 2.05) is 36.5 Å². The van der Waals surface area contributed by atoms with Gasteiger partial charge >= 0.3 is 0 Å². The van der Waals surface area contributed by atoms with Gasteiger partial charge in [-0.05, 0) is 86.4 Å². The zero-order valence-corrected chi connectivity index (χ0v) is 35.5. The van der Waals surface area contributed by atoms with Crippen molar-refractivity contribution in [2.24, 2.45) is 5.92 Å². The average molecular weight is 911 g/mol. The van der Waals surface area contributed by atoms with Crippen LogP contribution in [-0.2, 0) is 26.5 Å². The van der Waals surface area contributed by atoms with Gasteiger partial charge in [0.15, 0.2) is 0 Å². The maximum atomic E-state index is 13.8. The summed E-state index contributed by atoms with van der Waals surface area (Å²) in [5.74, 6) is 1.13. The molecule has 1 saturated carbocycles. The molecule has 1 radical (unpaired) electrons. The third kappa shape index (κ3) is 9.12. The second-order valence-corrected chi connectivity index (χ2v) is 21.6. The van der Waals surface area contributed by atoms with E-state index in [0.717, 1.165) is 46.0 Å². The van der Waals surface area contributed by atoms with Crippen LogP contribution in [0.1, 0.15) is 63.0 Å². The van der Waals surface area contributed by atoms with Crippen LogP contribution in [0.3, 0.4) is 0 Å². The molecule has 2 nitrogen and oxygen atoms in total. The number of aromatic nitrogens is 2. The molecule has 1 fully saturated rings. The summed E-state index contributed by atoms with van der Waals surface area (Å²) in [4.78, 5) is 9.39. The van der Waals surface area contributed by atoms with Gasteiger partial charge in [-0.1, -0.05) is 112 Å². The van der Waals surface area contributed by atoms with Crippen molar-refractivity contribution in [2.75, 3.05) is 0 Å². The topological polar surface area (TPSA) is 25.8 Å². The number of thiophene rings is 1. The Morgan fingerprint density at radius 2 is 1.60 bits per heavy atom. The summed E-state index contributed by atoms with van der Waals surface area (Å²) in [5, 5.41) is 3.88. The third-order valence-electron chi connectivity index (χ3n) is 10.3. The smallest absolute Gasteiger partial charge is 0.123 e. The normalized spacial score (nSPS) is 13.5. The predicted molar refractivity (Wildman–Crippen MR) is 223 cm³/mol. The number of benzene rings is 4. The molecule has 1 aliphatic carbocycles. The molecular weight excluding hydrogens is 864 g/mol. The number of nitrogens with zero attached hydrogens (tertiary/aromatic N) is 2. The van der Waals surface area contributed by atoms with Crippen LogP contribution in [0.25, 0.3) is 53.8 Å². The maximum Gasteiger partial charge on any atom is 0.123 e. The minimum atomic E-state index is -1.34. The summed E-state index contributed by atoms with van der Waals surface area (Å²) in [7, 11) is -1.34. The monoisotopic (exact) mass is 911 g/mol. The number of fused-ring (bicyclic) bond motifs is 3. The van der Waals surface area contributed by atoms with Gasteiger partial charge in [-0.2, -0.15) is 11.3 Å². The summed E-state index contributed by atoms with van der Waals surface area (Å²) >= 11 is 1.79. The molecule has 0 spiro atoms. The molecule has 3 heterocycles. The fourth-order valence-electron chi connectivity index (χ4n) is 7.52. The van der Waals surface area contributed by atoms with Gasteiger partial charge in [0.1, 0.15) is 5.82 Å². The Hall–Kier alpha value is -3.80. The zero-order chi connectivity index (χ0) is 36.2. The van der Waals surface area contributed by atoms with E-state index >= 15 is 0 Å². The minimum Gasteiger partial charge on any atom is -0.305 e. The van der Waals surface area contributed by atoms with Crippen LogP contribution in [0, 0.1) is 23.9 Å². The second kappa shape index (κ2) is 17.1. The van der Waals surface area contributed by atoms with Crippen LogP contribution in [0.15, 0.2) is 109 Å². The molecule has 0 bridgehead atoms. The zero-order valence-electron chi connectivity index (χ0n) is 31.3. The van der Waals surface area contributed by atoms with Gasteiger partial charge in [-0.15, -0.1) is 59.7 Å². The van der Waals surface area contributed by atoms with Gasteiger partial charge in [0.05, 0.1) is 8.07 Å². The van der Waals surface area contributed by atoms with E-state index in [2.05, 4.69) is 105 Å². The van der Waals surface area contributed by atoms with E-state index in [1.54, 1.807) is 23.5 Å². The molecule has 0 N–H and O–H groups in total. The Morgan fingerprint density at radius 1 is 0.792 bits per heavy atom. The molecule has 3 aromatic heterocycles. The van der Waals surface area contributed by atoms with Crippen molar-refractivity contribution in [1.29, 1.82) is 0 Å². The predicted octanol–water partition coefficient (Wildman–Crippen LogP) is 13.1. The summed E-state index contributed by atoms with van der Waals surface area (Å²) in [6.45, 7) is 11.7. The van der Waals surface area contributed by atoms with Gasteiger partial charge < -0.3 is 9.97 Å². The van der Waals surface area contributed by atoms with Gasteiger partial charge in [0, 0.05) is 37.2 Å². The number of rotatable bonds is 7. The van der Waals surface area contributed by atoms with Crippen LogP contribution >= 0.6 is 11.3 Å². The molecule has 0 saturated heterocycles. The molecule has 4 aromatic carbocycles. The van der Waals surface area contributed by atoms with Crippen molar-refractivity contribution in [1.82, 2.24) is 9.97 Å². The van der Waals surface area contributed by atoms with Gasteiger partial charge in [0.2, 0.25) is 0 Å². The quantitative estimate of drug-likeness (QED) is 0.118. The van der Waals surface area contributed by atoms with Crippen LogP contribution in [0.5, 0.6) is 0 Å². The first kappa shape index (κ1) is 38.9. The molecule has 0 amide bonds. The number of hydrogen-bond donors (Lipinski definition) is 0. The summed E-state index contributed by atoms with van der Waals surface area (Å²) in [6, 6.07) is 38.8. The molecule has 53 heavy (non-hydrogen) atoms. The molecule has 6 heteroatoms. The first-order valence-electron chi connectivity index (χ1n) is 18.7. The van der Waals surface area contributed by atoms with E-state index in [4.69, 9.17) is 4.98 Å². The van der Waals surface area contributed by atoms with Crippen LogP contribution in [0.2, 0.25) is 19.6 Å². The Balaban J connectivity index is 0.000000206. The van der Waals surface area contributed by atoms with E-state index in [9.17, 15) is 4.39 Å². The van der Waals surface area contributed by atoms with Crippen molar-refractivity contribution in [3.63, 3.8) is 0 Å². The first-order valence-corrected chi connectivity index (χ1v) is 23.0. The minimum absolute atomic E-state index is 0. The molecular formula is C47H47FIrN2SSi-2. The summed E-state index contributed by atoms with van der Waals surface area (Å²) < 4.78 is 16.2. The van der Waals surface area contributed by atoms with Crippen molar-refractivity contribution >= 4 is 44.8 Å². The van der Waals surface area contributed by atoms with Crippen molar-refractivity contribution in [3.05, 3.63) is 139 Å². The average Bonchev–Trinajstić information content (AvgIpc) is 3.54. The molecule has 7 aromatic rings. The number of hydrogen-bond acceptors (Lipinski definition) is 3. The third-order valence-corrected chi connectivity index (χ3v) is 13.5. The SMILES string of the molecule is CC(C)c1cc(-c2[c-]cccc2)ncc1[Si](C)(C)C.Fc1cccc(-c2ccc3sc4c(-c5cc(CC6CCCCC6)ccn5)[c-]ccc4c3c2)c1.[Ir]. The van der Waals surface area contributed by atoms with E-state index < -0.39 is 8.07 Å². The number of pyridine rings is 2. The standard InChI is InChI=1S/C30H25FNS.C17H22NSi.Ir/c31-24-9-4-8-22(18-24)23-12-13-29-27(19-23)25-10-5-11-26(30(25)33-29)28-17-21(14-15-32-28)16-20-6-2-1-3-7-20;1-13(2)15-11-16(14-9-7-6-8-10-14)18-12-17(15)19(3,4)5;/h4-5,8-10,12-15,17-20H,1-3,6-7,16H2;6-9,11-13H,1-5H3;/q2*-1;. The van der Waals surface area contributed by atoms with Crippen molar-refractivity contribution < 1.29 is 24.5 Å². The van der Waals surface area contributed by atoms with Crippen molar-refractivity contribution in [2.45, 2.75) is 77.9 Å². The molecule has 1 aliphatic rings. The van der Waals surface area contributed by atoms with Gasteiger partial charge in [-0.3, -0.25) is 0 Å². The Labute approximate surface area is 333 Å². The van der Waals surface area contributed by atoms with E-state index in [1.165, 1.54) is 74.7 Å². The molecule has 0 atom stereocenters. The van der Waals surface area contributed by atoms with Crippen LogP contribution in [0.4, 0.5) is 4.39 Å². The first-order chi connectivity index (χ1) is 25.1. The summed E-state index contributed by atoms with van der Waals surface area (Å²) in [5.41, 5.74) is 8.95. The second-order valence-electron chi connectivity index (χ2n) is 15.5. The Kier molecular flexibility index (Phi) is 12.6. The Bertz CT molecular complexity index is 2300. The van der Waals surface area contributed by atoms with Crippen LogP contribution < -0.4 is 5.19 Å². The number of halogens is 1. The Morgan fingerprint density at radius 3 is 2.34 bits per heavy atom. The summed E-state index contributed by atoms with van der Waals surface area (Å²) in [6.07, 6.45) is 12.0. The fraction of sp³-hybridized carbons (Fsp3) is 0.277. The maximum absolute atomic E-state index is 13.8. The molecule has 273 valence electrons. The molecule has 0 aliphatic heterocycles. The molecule has 0 unspecified atom stereocenters. The van der Waals surface area contributed by atoms with Gasteiger partial charge in [0.25, 0.3) is 0 Å². The van der Waals surface area contributed by atoms with E-state index in [0.29, 0.717) is 5.92 Å².